The van der Waals surface area contributed by atoms with Crippen LogP contribution in [0, 0.1) is 11.8 Å². The number of hydrogen-bond donors (Lipinski definition) is 9. The molecule has 39 heavy (non-hydrogen) atoms. The minimum Gasteiger partial charge on any atom is -0.481 e. The first kappa shape index (κ1) is 35.0. The van der Waals surface area contributed by atoms with Gasteiger partial charge in [-0.3, -0.25) is 29.0 Å². The van der Waals surface area contributed by atoms with Crippen LogP contribution >= 0.6 is 0 Å². The van der Waals surface area contributed by atoms with Gasteiger partial charge in [0.05, 0.1) is 19.0 Å². The maximum Gasteiger partial charge on any atom is 0.326 e. The summed E-state index contributed by atoms with van der Waals surface area (Å²) < 4.78 is 0. The van der Waals surface area contributed by atoms with Gasteiger partial charge in [-0.05, 0) is 31.1 Å². The largest absolute Gasteiger partial charge is 0.481 e. The number of guanidine groups is 1. The summed E-state index contributed by atoms with van der Waals surface area (Å²) in [7, 11) is 0. The van der Waals surface area contributed by atoms with E-state index in [0.29, 0.717) is 13.0 Å². The van der Waals surface area contributed by atoms with Crippen molar-refractivity contribution in [3.05, 3.63) is 0 Å². The Morgan fingerprint density at radius 1 is 0.846 bits per heavy atom. The van der Waals surface area contributed by atoms with Crippen molar-refractivity contribution in [1.29, 1.82) is 0 Å². The van der Waals surface area contributed by atoms with Gasteiger partial charge in [0, 0.05) is 6.54 Å². The van der Waals surface area contributed by atoms with Crippen LogP contribution in [0.4, 0.5) is 0 Å². The van der Waals surface area contributed by atoms with Gasteiger partial charge in [-0.15, -0.1) is 0 Å². The monoisotopic (exact) mass is 558 g/mol. The van der Waals surface area contributed by atoms with Gasteiger partial charge in [-0.2, -0.15) is 0 Å². The van der Waals surface area contributed by atoms with Gasteiger partial charge in [0.25, 0.3) is 0 Å². The number of amides is 4. The highest BCUT2D eigenvalue weighted by molar-refractivity contribution is 5.94. The van der Waals surface area contributed by atoms with Crippen LogP contribution < -0.4 is 38.5 Å². The standard InChI is InChI=1S/C23H42N8O8/c1-11(2)8-14(30-19(35)13(24)6-5-7-27-23(25)26)20(36)31-18(12(3)4)21(37)28-10-16(32)29-15(22(38)39)9-17(33)34/h11-15,18H,5-10,24H2,1-4H3,(H,28,37)(H,29,32)(H,30,35)(H,31,36)(H,33,34)(H,38,39)(H4,25,26,27)/t13-,14-,15-,18-/m0/s1. The average Bonchev–Trinajstić information content (AvgIpc) is 2.81. The molecule has 0 saturated carbocycles. The molecule has 16 heteroatoms. The van der Waals surface area contributed by atoms with Crippen LogP contribution in [0.3, 0.4) is 0 Å². The molecule has 0 saturated heterocycles. The second-order valence-corrected chi connectivity index (χ2v) is 9.75. The number of aliphatic imine (C=N–C) groups is 1. The number of carboxylic acid groups (broad SMARTS) is 2. The summed E-state index contributed by atoms with van der Waals surface area (Å²) in [5, 5.41) is 27.3. The Morgan fingerprint density at radius 2 is 1.46 bits per heavy atom. The van der Waals surface area contributed by atoms with Gasteiger partial charge >= 0.3 is 11.9 Å². The maximum absolute atomic E-state index is 13.1. The number of aliphatic carboxylic acids is 2. The second-order valence-electron chi connectivity index (χ2n) is 9.75. The predicted octanol–water partition coefficient (Wildman–Crippen LogP) is -2.80. The van der Waals surface area contributed by atoms with Crippen LogP contribution in [0.5, 0.6) is 0 Å². The molecule has 0 aromatic rings. The zero-order valence-corrected chi connectivity index (χ0v) is 22.7. The van der Waals surface area contributed by atoms with Crippen LogP contribution in [0.25, 0.3) is 0 Å². The van der Waals surface area contributed by atoms with Gasteiger partial charge < -0.3 is 48.7 Å². The highest BCUT2D eigenvalue weighted by Crippen LogP contribution is 2.09. The highest BCUT2D eigenvalue weighted by atomic mass is 16.4. The summed E-state index contributed by atoms with van der Waals surface area (Å²) in [4.78, 5) is 76.1. The fourth-order valence-electron chi connectivity index (χ4n) is 3.32. The summed E-state index contributed by atoms with van der Waals surface area (Å²) in [6, 6.07) is -4.68. The van der Waals surface area contributed by atoms with Gasteiger partial charge in [0.15, 0.2) is 5.96 Å². The van der Waals surface area contributed by atoms with Crippen molar-refractivity contribution in [2.24, 2.45) is 34.0 Å². The van der Waals surface area contributed by atoms with Crippen molar-refractivity contribution in [2.75, 3.05) is 13.1 Å². The minimum absolute atomic E-state index is 0.00199. The van der Waals surface area contributed by atoms with E-state index in [1.807, 2.05) is 19.2 Å². The Balaban J connectivity index is 5.21. The molecule has 0 aliphatic heterocycles. The van der Waals surface area contributed by atoms with E-state index in [1.54, 1.807) is 13.8 Å². The molecule has 0 radical (unpaired) electrons. The molecular weight excluding hydrogens is 516 g/mol. The molecule has 0 aromatic carbocycles. The van der Waals surface area contributed by atoms with E-state index >= 15 is 0 Å². The van der Waals surface area contributed by atoms with Crippen molar-refractivity contribution in [3.63, 3.8) is 0 Å². The Morgan fingerprint density at radius 3 is 1.95 bits per heavy atom. The lowest BCUT2D eigenvalue weighted by molar-refractivity contribution is -0.147. The van der Waals surface area contributed by atoms with E-state index in [-0.39, 0.29) is 24.7 Å². The van der Waals surface area contributed by atoms with E-state index in [9.17, 15) is 28.8 Å². The normalized spacial score (nSPS) is 13.9. The van der Waals surface area contributed by atoms with Crippen LogP contribution in [0.2, 0.25) is 0 Å². The molecule has 0 aliphatic carbocycles. The van der Waals surface area contributed by atoms with Crippen molar-refractivity contribution in [2.45, 2.75) is 77.5 Å². The van der Waals surface area contributed by atoms with Gasteiger partial charge in [-0.25, -0.2) is 4.79 Å². The molecule has 222 valence electrons. The fourth-order valence-corrected chi connectivity index (χ4v) is 3.32. The van der Waals surface area contributed by atoms with Gasteiger partial charge in [-0.1, -0.05) is 27.7 Å². The summed E-state index contributed by atoms with van der Waals surface area (Å²) in [6.07, 6.45) is 0.128. The number of carbonyl (C=O) groups is 6. The lowest BCUT2D eigenvalue weighted by atomic mass is 9.99. The number of nitrogens with one attached hydrogen (secondary N) is 4. The minimum atomic E-state index is -1.68. The quantitative estimate of drug-likeness (QED) is 0.0470. The zero-order valence-electron chi connectivity index (χ0n) is 22.7. The lowest BCUT2D eigenvalue weighted by Crippen LogP contribution is -2.58. The Hall–Kier alpha value is -3.95. The molecule has 0 rings (SSSR count). The molecule has 0 heterocycles. The topological polar surface area (TPSA) is 281 Å². The van der Waals surface area contributed by atoms with Crippen LogP contribution in [-0.2, 0) is 28.8 Å². The molecule has 0 aromatic heterocycles. The van der Waals surface area contributed by atoms with Crippen LogP contribution in [-0.4, -0.2) is 89.0 Å². The maximum atomic E-state index is 13.1. The van der Waals surface area contributed by atoms with Crippen molar-refractivity contribution in [1.82, 2.24) is 21.3 Å². The summed E-state index contributed by atoms with van der Waals surface area (Å²) in [6.45, 7) is 6.64. The first-order valence-electron chi connectivity index (χ1n) is 12.5. The molecule has 12 N–H and O–H groups in total. The molecular formula is C23H42N8O8. The van der Waals surface area contributed by atoms with E-state index in [1.165, 1.54) is 0 Å². The van der Waals surface area contributed by atoms with E-state index in [4.69, 9.17) is 27.4 Å². The summed E-state index contributed by atoms with van der Waals surface area (Å²) in [5.74, 6) is -6.32. The Kier molecular flexibility index (Phi) is 15.8. The SMILES string of the molecule is CC(C)C[C@H](NC(=O)[C@@H](N)CCCN=C(N)N)C(=O)N[C@H](C(=O)NCC(=O)N[C@@H](CC(=O)O)C(=O)O)C(C)C. The number of rotatable bonds is 18. The van der Waals surface area contributed by atoms with E-state index in [0.717, 1.165) is 0 Å². The second kappa shape index (κ2) is 17.5. The molecule has 16 nitrogen and oxygen atoms in total. The molecule has 0 unspecified atom stereocenters. The van der Waals surface area contributed by atoms with Crippen molar-refractivity contribution >= 4 is 41.5 Å². The molecule has 0 bridgehead atoms. The van der Waals surface area contributed by atoms with E-state index in [2.05, 4.69) is 20.9 Å². The molecule has 0 aliphatic rings. The first-order chi connectivity index (χ1) is 18.0. The number of nitrogens with zero attached hydrogens (tertiary/aromatic N) is 1. The van der Waals surface area contributed by atoms with Crippen LogP contribution in [0.15, 0.2) is 4.99 Å². The number of hydrogen-bond acceptors (Lipinski definition) is 8. The number of carboxylic acids is 2. The predicted molar refractivity (Wildman–Crippen MR) is 141 cm³/mol. The summed E-state index contributed by atoms with van der Waals surface area (Å²) in [5.41, 5.74) is 16.5. The Labute approximate surface area is 226 Å². The highest BCUT2D eigenvalue weighted by Gasteiger charge is 2.30. The molecule has 4 amide bonds. The third kappa shape index (κ3) is 15.1. The summed E-state index contributed by atoms with van der Waals surface area (Å²) >= 11 is 0. The fraction of sp³-hybridized carbons (Fsp3) is 0.696. The average molecular weight is 559 g/mol. The molecule has 4 atom stereocenters. The molecule has 0 fully saturated rings. The first-order valence-corrected chi connectivity index (χ1v) is 12.5. The van der Waals surface area contributed by atoms with Crippen LogP contribution in [0.1, 0.15) is 53.4 Å². The number of carbonyl (C=O) groups excluding carboxylic acids is 4. The molecule has 0 spiro atoms. The number of nitrogens with two attached hydrogens (primary N) is 3. The smallest absolute Gasteiger partial charge is 0.326 e. The van der Waals surface area contributed by atoms with Gasteiger partial charge in [0.2, 0.25) is 23.6 Å². The Bertz CT molecular complexity index is 905. The van der Waals surface area contributed by atoms with Crippen molar-refractivity contribution in [3.8, 4) is 0 Å². The van der Waals surface area contributed by atoms with Crippen molar-refractivity contribution < 1.29 is 39.0 Å². The third-order valence-corrected chi connectivity index (χ3v) is 5.33. The third-order valence-electron chi connectivity index (χ3n) is 5.33. The zero-order chi connectivity index (χ0) is 30.3. The van der Waals surface area contributed by atoms with Gasteiger partial charge in [0.1, 0.15) is 18.1 Å². The van der Waals surface area contributed by atoms with E-state index < -0.39 is 78.6 Å². The lowest BCUT2D eigenvalue weighted by Gasteiger charge is -2.27.